The van der Waals surface area contributed by atoms with Crippen LogP contribution in [0.25, 0.3) is 11.3 Å². The van der Waals surface area contributed by atoms with E-state index >= 15 is 0 Å². The first-order valence-corrected chi connectivity index (χ1v) is 7.29. The highest BCUT2D eigenvalue weighted by molar-refractivity contribution is 6.33. The van der Waals surface area contributed by atoms with Crippen molar-refractivity contribution in [3.05, 3.63) is 56.9 Å². The second-order valence-electron chi connectivity index (χ2n) is 4.82. The number of hydrazone groups is 1. The fourth-order valence-corrected chi connectivity index (χ4v) is 2.15. The fraction of sp³-hybridized carbons (Fsp3) is 0. The maximum atomic E-state index is 11.7. The molecule has 3 N–H and O–H groups in total. The van der Waals surface area contributed by atoms with Gasteiger partial charge < -0.3 is 10.2 Å². The molecule has 0 fully saturated rings. The van der Waals surface area contributed by atoms with Crippen LogP contribution in [-0.4, -0.2) is 27.4 Å². The lowest BCUT2D eigenvalue weighted by atomic mass is 10.1. The lowest BCUT2D eigenvalue weighted by molar-refractivity contribution is -0.384. The number of nitrogens with zero attached hydrogens (tertiary/aromatic N) is 4. The predicted molar refractivity (Wildman–Crippen MR) is 89.6 cm³/mol. The maximum Gasteiger partial charge on any atom is 0.297 e. The second-order valence-corrected chi connectivity index (χ2v) is 5.23. The topological polar surface area (TPSA) is 163 Å². The molecule has 1 aromatic carbocycles. The molecule has 3 rings (SSSR count). The summed E-state index contributed by atoms with van der Waals surface area (Å²) in [5, 5.41) is 21.4. The maximum absolute atomic E-state index is 11.7. The van der Waals surface area contributed by atoms with E-state index < -0.39 is 10.8 Å². The van der Waals surface area contributed by atoms with Gasteiger partial charge in [-0.25, -0.2) is 10.1 Å². The Morgan fingerprint density at radius 1 is 1.35 bits per heavy atom. The molecule has 0 aliphatic heterocycles. The van der Waals surface area contributed by atoms with E-state index in [-0.39, 0.29) is 28.0 Å². The molecule has 0 aliphatic rings. The number of halogens is 1. The van der Waals surface area contributed by atoms with Crippen LogP contribution < -0.4 is 11.2 Å². The van der Waals surface area contributed by atoms with Gasteiger partial charge in [-0.2, -0.15) is 5.10 Å². The van der Waals surface area contributed by atoms with Gasteiger partial charge in [0.25, 0.3) is 11.6 Å². The Morgan fingerprint density at radius 2 is 2.15 bits per heavy atom. The first-order chi connectivity index (χ1) is 12.5. The van der Waals surface area contributed by atoms with Crippen LogP contribution in [0.3, 0.4) is 0 Å². The van der Waals surface area contributed by atoms with Crippen molar-refractivity contribution in [2.75, 3.05) is 5.73 Å². The molecule has 1 amide bonds. The Bertz CT molecular complexity index is 1010. The third kappa shape index (κ3) is 3.52. The number of nitro benzene ring substituents is 1. The van der Waals surface area contributed by atoms with Crippen molar-refractivity contribution >= 4 is 35.2 Å². The van der Waals surface area contributed by atoms with Crippen molar-refractivity contribution in [1.29, 1.82) is 0 Å². The van der Waals surface area contributed by atoms with E-state index in [1.165, 1.54) is 24.4 Å². The van der Waals surface area contributed by atoms with Crippen LogP contribution in [0.1, 0.15) is 16.2 Å². The largest absolute Gasteiger partial charge is 0.455 e. The molecule has 0 atom stereocenters. The molecule has 0 unspecified atom stereocenters. The van der Waals surface area contributed by atoms with Gasteiger partial charge in [-0.05, 0) is 28.5 Å². The average molecular weight is 377 g/mol. The van der Waals surface area contributed by atoms with Gasteiger partial charge in [-0.15, -0.1) is 0 Å². The summed E-state index contributed by atoms with van der Waals surface area (Å²) >= 11 is 6.06. The van der Waals surface area contributed by atoms with Crippen molar-refractivity contribution < 1.29 is 18.8 Å². The molecule has 26 heavy (non-hydrogen) atoms. The van der Waals surface area contributed by atoms with Gasteiger partial charge >= 0.3 is 0 Å². The SMILES string of the molecule is Nc1nonc1C(=O)N/N=C\c1ccc(-c2cc([N+](=O)[O-])ccc2Cl)o1. The molecule has 0 radical (unpaired) electrons. The van der Waals surface area contributed by atoms with E-state index in [4.69, 9.17) is 21.8 Å². The molecule has 12 heteroatoms. The van der Waals surface area contributed by atoms with Crippen molar-refractivity contribution in [2.24, 2.45) is 5.10 Å². The van der Waals surface area contributed by atoms with E-state index in [2.05, 4.69) is 25.5 Å². The van der Waals surface area contributed by atoms with Gasteiger partial charge in [0.2, 0.25) is 11.5 Å². The lowest BCUT2D eigenvalue weighted by Gasteiger charge is -2.00. The summed E-state index contributed by atoms with van der Waals surface area (Å²) in [6, 6.07) is 7.10. The van der Waals surface area contributed by atoms with Crippen molar-refractivity contribution in [2.45, 2.75) is 0 Å². The van der Waals surface area contributed by atoms with E-state index in [1.54, 1.807) is 12.1 Å². The molecule has 11 nitrogen and oxygen atoms in total. The first kappa shape index (κ1) is 17.1. The third-order valence-electron chi connectivity index (χ3n) is 3.14. The molecule has 0 spiro atoms. The normalized spacial score (nSPS) is 11.0. The Kier molecular flexibility index (Phi) is 4.62. The van der Waals surface area contributed by atoms with Crippen LogP contribution in [0.4, 0.5) is 11.5 Å². The smallest absolute Gasteiger partial charge is 0.297 e. The molecule has 3 aromatic rings. The highest BCUT2D eigenvalue weighted by Gasteiger charge is 2.16. The molecule has 0 aliphatic carbocycles. The summed E-state index contributed by atoms with van der Waals surface area (Å²) in [6.07, 6.45) is 1.22. The standard InChI is InChI=1S/C14H9ClN6O5/c15-10-3-1-7(21(23)24)5-9(10)11-4-2-8(25-11)6-17-18-14(22)12-13(16)20-26-19-12/h1-6H,(H2,16,20)(H,18,22)/b17-6-. The van der Waals surface area contributed by atoms with Gasteiger partial charge in [-0.3, -0.25) is 14.9 Å². The van der Waals surface area contributed by atoms with Crippen LogP contribution in [0.5, 0.6) is 0 Å². The van der Waals surface area contributed by atoms with E-state index in [0.29, 0.717) is 11.3 Å². The van der Waals surface area contributed by atoms with Crippen molar-refractivity contribution in [1.82, 2.24) is 15.7 Å². The Balaban J connectivity index is 1.74. The molecule has 0 bridgehead atoms. The molecular weight excluding hydrogens is 368 g/mol. The number of nitrogens with one attached hydrogen (secondary N) is 1. The second kappa shape index (κ2) is 7.03. The van der Waals surface area contributed by atoms with Crippen LogP contribution >= 0.6 is 11.6 Å². The van der Waals surface area contributed by atoms with Gasteiger partial charge in [0.15, 0.2) is 0 Å². The quantitative estimate of drug-likeness (QED) is 0.389. The lowest BCUT2D eigenvalue weighted by Crippen LogP contribution is -2.19. The van der Waals surface area contributed by atoms with Gasteiger partial charge in [0.05, 0.1) is 16.2 Å². The van der Waals surface area contributed by atoms with Gasteiger partial charge in [0, 0.05) is 17.7 Å². The zero-order valence-electron chi connectivity index (χ0n) is 12.7. The first-order valence-electron chi connectivity index (χ1n) is 6.91. The average Bonchev–Trinajstić information content (AvgIpc) is 3.24. The summed E-state index contributed by atoms with van der Waals surface area (Å²) in [4.78, 5) is 22.0. The Labute approximate surface area is 149 Å². The minimum Gasteiger partial charge on any atom is -0.455 e. The molecule has 132 valence electrons. The van der Waals surface area contributed by atoms with Crippen LogP contribution in [0, 0.1) is 10.1 Å². The highest BCUT2D eigenvalue weighted by Crippen LogP contribution is 2.32. The number of carbonyl (C=O) groups is 1. The zero-order chi connectivity index (χ0) is 18.7. The number of aromatic nitrogens is 2. The number of furan rings is 1. The van der Waals surface area contributed by atoms with Crippen LogP contribution in [-0.2, 0) is 0 Å². The van der Waals surface area contributed by atoms with Gasteiger partial charge in [0.1, 0.15) is 11.5 Å². The minimum atomic E-state index is -0.714. The number of amides is 1. The summed E-state index contributed by atoms with van der Waals surface area (Å²) < 4.78 is 9.81. The summed E-state index contributed by atoms with van der Waals surface area (Å²) in [6.45, 7) is 0. The van der Waals surface area contributed by atoms with Gasteiger partial charge in [-0.1, -0.05) is 11.6 Å². The number of benzene rings is 1. The molecule has 0 saturated heterocycles. The number of non-ortho nitro benzene ring substituents is 1. The zero-order valence-corrected chi connectivity index (χ0v) is 13.5. The monoisotopic (exact) mass is 376 g/mol. The third-order valence-corrected chi connectivity index (χ3v) is 3.47. The predicted octanol–water partition coefficient (Wildman–Crippen LogP) is 2.24. The molecule has 2 heterocycles. The van der Waals surface area contributed by atoms with Crippen molar-refractivity contribution in [3.8, 4) is 11.3 Å². The number of hydrogen-bond donors (Lipinski definition) is 2. The van der Waals surface area contributed by atoms with Crippen LogP contribution in [0.2, 0.25) is 5.02 Å². The van der Waals surface area contributed by atoms with E-state index in [0.717, 1.165) is 0 Å². The van der Waals surface area contributed by atoms with E-state index in [9.17, 15) is 14.9 Å². The molecule has 0 saturated carbocycles. The summed E-state index contributed by atoms with van der Waals surface area (Å²) in [5.41, 5.74) is 7.58. The number of carbonyl (C=O) groups excluding carboxylic acids is 1. The molecular formula is C14H9ClN6O5. The summed E-state index contributed by atoms with van der Waals surface area (Å²) in [5.74, 6) is -0.308. The summed E-state index contributed by atoms with van der Waals surface area (Å²) in [7, 11) is 0. The molecule has 2 aromatic heterocycles. The number of nitrogens with two attached hydrogens (primary N) is 1. The number of nitrogen functional groups attached to an aromatic ring is 1. The minimum absolute atomic E-state index is 0.123. The fourth-order valence-electron chi connectivity index (χ4n) is 1.94. The number of hydrogen-bond acceptors (Lipinski definition) is 9. The van der Waals surface area contributed by atoms with Crippen LogP contribution in [0.15, 0.2) is 44.5 Å². The Hall–Kier alpha value is -3.73. The number of nitro groups is 1. The Morgan fingerprint density at radius 3 is 2.85 bits per heavy atom. The van der Waals surface area contributed by atoms with Crippen molar-refractivity contribution in [3.63, 3.8) is 0 Å². The number of anilines is 1. The highest BCUT2D eigenvalue weighted by atomic mass is 35.5. The van der Waals surface area contributed by atoms with E-state index in [1.807, 2.05) is 0 Å². The number of rotatable bonds is 5.